The lowest BCUT2D eigenvalue weighted by Crippen LogP contribution is -2.33. The first-order chi connectivity index (χ1) is 5.76. The van der Waals surface area contributed by atoms with E-state index >= 15 is 0 Å². The van der Waals surface area contributed by atoms with Gasteiger partial charge in [0.2, 0.25) is 0 Å². The zero-order chi connectivity index (χ0) is 8.60. The molecule has 2 rings (SSSR count). The van der Waals surface area contributed by atoms with Crippen LogP contribution in [0.3, 0.4) is 0 Å². The van der Waals surface area contributed by atoms with Crippen molar-refractivity contribution in [1.29, 1.82) is 0 Å². The Kier molecular flexibility index (Phi) is 2.16. The summed E-state index contributed by atoms with van der Waals surface area (Å²) < 4.78 is 0. The van der Waals surface area contributed by atoms with E-state index in [1.807, 2.05) is 0 Å². The molecule has 1 atom stereocenters. The minimum Gasteiger partial charge on any atom is -0.313 e. The summed E-state index contributed by atoms with van der Waals surface area (Å²) in [5.41, 5.74) is 0.725. The van der Waals surface area contributed by atoms with Crippen molar-refractivity contribution in [2.75, 3.05) is 6.54 Å². The van der Waals surface area contributed by atoms with Gasteiger partial charge in [-0.1, -0.05) is 6.92 Å². The smallest absolute Gasteiger partial charge is 0.00672 e. The summed E-state index contributed by atoms with van der Waals surface area (Å²) in [6, 6.07) is 0.786. The van der Waals surface area contributed by atoms with Gasteiger partial charge < -0.3 is 5.32 Å². The summed E-state index contributed by atoms with van der Waals surface area (Å²) in [6.45, 7) is 5.96. The molecule has 0 spiro atoms. The second-order valence-corrected chi connectivity index (χ2v) is 4.86. The molecular formula is C11H21N. The Labute approximate surface area is 75.9 Å². The van der Waals surface area contributed by atoms with Crippen LogP contribution in [0.4, 0.5) is 0 Å². The third kappa shape index (κ3) is 1.82. The maximum absolute atomic E-state index is 3.70. The molecule has 0 aromatic heterocycles. The predicted octanol–water partition coefficient (Wildman–Crippen LogP) is 2.56. The molecule has 0 saturated heterocycles. The van der Waals surface area contributed by atoms with Crippen LogP contribution < -0.4 is 5.32 Å². The molecule has 0 aromatic carbocycles. The average Bonchev–Trinajstić information content (AvgIpc) is 2.94. The Morgan fingerprint density at radius 2 is 2.08 bits per heavy atom. The lowest BCUT2D eigenvalue weighted by atomic mass is 10.0. The molecule has 2 aliphatic rings. The molecular weight excluding hydrogens is 146 g/mol. The summed E-state index contributed by atoms with van der Waals surface area (Å²) in [5, 5.41) is 3.70. The van der Waals surface area contributed by atoms with Crippen molar-refractivity contribution in [3.63, 3.8) is 0 Å². The van der Waals surface area contributed by atoms with E-state index in [-0.39, 0.29) is 0 Å². The molecule has 12 heavy (non-hydrogen) atoms. The molecule has 0 amide bonds. The van der Waals surface area contributed by atoms with Crippen LogP contribution in [0.1, 0.15) is 46.0 Å². The maximum Gasteiger partial charge on any atom is 0.00672 e. The van der Waals surface area contributed by atoms with Gasteiger partial charge in [0.05, 0.1) is 0 Å². The van der Waals surface area contributed by atoms with Crippen LogP contribution in [-0.2, 0) is 0 Å². The number of rotatable bonds is 5. The van der Waals surface area contributed by atoms with Crippen LogP contribution in [0, 0.1) is 11.3 Å². The summed E-state index contributed by atoms with van der Waals surface area (Å²) in [6.07, 6.45) is 7.24. The van der Waals surface area contributed by atoms with Crippen molar-refractivity contribution in [2.24, 2.45) is 11.3 Å². The fourth-order valence-corrected chi connectivity index (χ4v) is 1.97. The molecule has 1 N–H and O–H groups in total. The standard InChI is InChI=1S/C11H21N/c1-3-11(6-7-11)8-12-9(2)10-4-5-10/h9-10,12H,3-8H2,1-2H3. The van der Waals surface area contributed by atoms with E-state index in [1.165, 1.54) is 38.6 Å². The zero-order valence-corrected chi connectivity index (χ0v) is 8.40. The summed E-state index contributed by atoms with van der Waals surface area (Å²) in [7, 11) is 0. The molecule has 1 heteroatoms. The topological polar surface area (TPSA) is 12.0 Å². The molecule has 2 aliphatic carbocycles. The highest BCUT2D eigenvalue weighted by Gasteiger charge is 2.41. The first-order valence-electron chi connectivity index (χ1n) is 5.49. The van der Waals surface area contributed by atoms with Crippen molar-refractivity contribution < 1.29 is 0 Å². The Hall–Kier alpha value is -0.0400. The van der Waals surface area contributed by atoms with Crippen LogP contribution in [0.15, 0.2) is 0 Å². The second-order valence-electron chi connectivity index (χ2n) is 4.86. The van der Waals surface area contributed by atoms with E-state index in [2.05, 4.69) is 19.2 Å². The van der Waals surface area contributed by atoms with Gasteiger partial charge in [-0.15, -0.1) is 0 Å². The lowest BCUT2D eigenvalue weighted by Gasteiger charge is -2.18. The van der Waals surface area contributed by atoms with Crippen LogP contribution in [-0.4, -0.2) is 12.6 Å². The maximum atomic E-state index is 3.70. The third-order valence-electron chi connectivity index (χ3n) is 3.84. The monoisotopic (exact) mass is 167 g/mol. The molecule has 0 heterocycles. The fourth-order valence-electron chi connectivity index (χ4n) is 1.97. The molecule has 1 nitrogen and oxygen atoms in total. The molecule has 1 unspecified atom stereocenters. The number of hydrogen-bond donors (Lipinski definition) is 1. The number of nitrogens with one attached hydrogen (secondary N) is 1. The first kappa shape index (κ1) is 8.55. The van der Waals surface area contributed by atoms with Crippen LogP contribution in [0.25, 0.3) is 0 Å². The molecule has 70 valence electrons. The van der Waals surface area contributed by atoms with Gasteiger partial charge in [-0.05, 0) is 50.4 Å². The summed E-state index contributed by atoms with van der Waals surface area (Å²) in [4.78, 5) is 0. The van der Waals surface area contributed by atoms with Crippen molar-refractivity contribution in [1.82, 2.24) is 5.32 Å². The van der Waals surface area contributed by atoms with Gasteiger partial charge in [0.15, 0.2) is 0 Å². The molecule has 2 fully saturated rings. The molecule has 0 aliphatic heterocycles. The van der Waals surface area contributed by atoms with E-state index < -0.39 is 0 Å². The van der Waals surface area contributed by atoms with Crippen molar-refractivity contribution >= 4 is 0 Å². The fraction of sp³-hybridized carbons (Fsp3) is 1.00. The van der Waals surface area contributed by atoms with Gasteiger partial charge in [0.25, 0.3) is 0 Å². The van der Waals surface area contributed by atoms with E-state index in [9.17, 15) is 0 Å². The summed E-state index contributed by atoms with van der Waals surface area (Å²) in [5.74, 6) is 1.01. The molecule has 0 bridgehead atoms. The van der Waals surface area contributed by atoms with Crippen LogP contribution in [0.2, 0.25) is 0 Å². The quantitative estimate of drug-likeness (QED) is 0.663. The first-order valence-corrected chi connectivity index (χ1v) is 5.49. The lowest BCUT2D eigenvalue weighted by molar-refractivity contribution is 0.392. The number of hydrogen-bond acceptors (Lipinski definition) is 1. The minimum atomic E-state index is 0.725. The third-order valence-corrected chi connectivity index (χ3v) is 3.84. The average molecular weight is 167 g/mol. The van der Waals surface area contributed by atoms with Gasteiger partial charge in [0, 0.05) is 12.6 Å². The van der Waals surface area contributed by atoms with E-state index in [1.54, 1.807) is 0 Å². The van der Waals surface area contributed by atoms with Gasteiger partial charge in [0.1, 0.15) is 0 Å². The minimum absolute atomic E-state index is 0.725. The van der Waals surface area contributed by atoms with E-state index in [0.29, 0.717) is 0 Å². The van der Waals surface area contributed by atoms with Gasteiger partial charge in [-0.3, -0.25) is 0 Å². The van der Waals surface area contributed by atoms with Crippen LogP contribution >= 0.6 is 0 Å². The van der Waals surface area contributed by atoms with E-state index in [0.717, 1.165) is 17.4 Å². The Bertz CT molecular complexity index is 156. The molecule has 0 radical (unpaired) electrons. The van der Waals surface area contributed by atoms with Gasteiger partial charge >= 0.3 is 0 Å². The SMILES string of the molecule is CCC1(CNC(C)C2CC2)CC1. The normalized spacial score (nSPS) is 28.5. The second kappa shape index (κ2) is 3.02. The highest BCUT2D eigenvalue weighted by molar-refractivity contribution is 4.95. The molecule has 0 aromatic rings. The zero-order valence-electron chi connectivity index (χ0n) is 8.40. The van der Waals surface area contributed by atoms with E-state index in [4.69, 9.17) is 0 Å². The van der Waals surface area contributed by atoms with Gasteiger partial charge in [-0.2, -0.15) is 0 Å². The summed E-state index contributed by atoms with van der Waals surface area (Å²) >= 11 is 0. The predicted molar refractivity (Wildman–Crippen MR) is 52.1 cm³/mol. The Morgan fingerprint density at radius 3 is 2.50 bits per heavy atom. The highest BCUT2D eigenvalue weighted by atomic mass is 14.9. The van der Waals surface area contributed by atoms with Gasteiger partial charge in [-0.25, -0.2) is 0 Å². The Morgan fingerprint density at radius 1 is 1.42 bits per heavy atom. The van der Waals surface area contributed by atoms with Crippen molar-refractivity contribution in [2.45, 2.75) is 52.0 Å². The Balaban J connectivity index is 1.67. The van der Waals surface area contributed by atoms with Crippen LogP contribution in [0.5, 0.6) is 0 Å². The highest BCUT2D eigenvalue weighted by Crippen LogP contribution is 2.48. The van der Waals surface area contributed by atoms with Crippen molar-refractivity contribution in [3.05, 3.63) is 0 Å². The van der Waals surface area contributed by atoms with Crippen molar-refractivity contribution in [3.8, 4) is 0 Å². The largest absolute Gasteiger partial charge is 0.313 e. The molecule has 2 saturated carbocycles.